The highest BCUT2D eigenvalue weighted by Gasteiger charge is 2.20. The van der Waals surface area contributed by atoms with Gasteiger partial charge in [0, 0.05) is 13.0 Å². The van der Waals surface area contributed by atoms with Crippen LogP contribution in [0.5, 0.6) is 0 Å². The second-order valence-corrected chi connectivity index (χ2v) is 14.1. The van der Waals surface area contributed by atoms with Gasteiger partial charge in [-0.15, -0.1) is 0 Å². The molecule has 0 rings (SSSR count). The van der Waals surface area contributed by atoms with E-state index in [-0.39, 0.29) is 24.0 Å². The van der Waals surface area contributed by atoms with Crippen molar-refractivity contribution in [3.8, 4) is 0 Å². The molecule has 45 heavy (non-hydrogen) atoms. The third-order valence-electron chi connectivity index (χ3n) is 9.32. The van der Waals surface area contributed by atoms with Crippen molar-refractivity contribution in [2.75, 3.05) is 6.61 Å². The quantitative estimate of drug-likeness (QED) is 0.0503. The molecule has 0 unspecified atom stereocenters. The largest absolute Gasteiger partial charge is 0.462 e. The summed E-state index contributed by atoms with van der Waals surface area (Å²) in [5, 5.41) is 0. The van der Waals surface area contributed by atoms with E-state index in [2.05, 4.69) is 20.8 Å². The van der Waals surface area contributed by atoms with Gasteiger partial charge in [-0.3, -0.25) is 9.59 Å². The van der Waals surface area contributed by atoms with E-state index in [1.165, 1.54) is 154 Å². The number of carbonyl (C=O) groups excluding carboxylic acids is 2. The number of ether oxygens (including phenoxy) is 2. The number of esters is 1. The predicted octanol–water partition coefficient (Wildman–Crippen LogP) is 13.4. The maximum Gasteiger partial charge on any atom is 0.308 e. The highest BCUT2D eigenvalue weighted by molar-refractivity contribution is 5.77. The zero-order chi connectivity index (χ0) is 33.1. The van der Waals surface area contributed by atoms with Crippen LogP contribution in [0.2, 0.25) is 0 Å². The molecule has 0 fully saturated rings. The maximum absolute atomic E-state index is 13.1. The molecule has 0 heterocycles. The van der Waals surface area contributed by atoms with E-state index < -0.39 is 0 Å². The number of hydrogen-bond donors (Lipinski definition) is 0. The van der Waals surface area contributed by atoms with E-state index in [9.17, 15) is 9.59 Å². The summed E-state index contributed by atoms with van der Waals surface area (Å²) in [5.74, 6) is -0.0756. The van der Waals surface area contributed by atoms with Crippen molar-refractivity contribution >= 4 is 11.8 Å². The van der Waals surface area contributed by atoms with Gasteiger partial charge in [0.15, 0.2) is 0 Å². The summed E-state index contributed by atoms with van der Waals surface area (Å²) in [4.78, 5) is 25.0. The minimum atomic E-state index is -0.283. The normalized spacial score (nSPS) is 12.8. The van der Waals surface area contributed by atoms with Crippen LogP contribution in [0, 0.1) is 0 Å². The van der Waals surface area contributed by atoms with Crippen LogP contribution in [-0.4, -0.2) is 30.6 Å². The third kappa shape index (κ3) is 34.3. The van der Waals surface area contributed by atoms with Crippen molar-refractivity contribution in [3.05, 3.63) is 0 Å². The topological polar surface area (TPSA) is 52.6 Å². The van der Waals surface area contributed by atoms with E-state index in [0.717, 1.165) is 45.1 Å². The fourth-order valence-corrected chi connectivity index (χ4v) is 6.39. The van der Waals surface area contributed by atoms with Crippen molar-refractivity contribution in [2.24, 2.45) is 0 Å². The van der Waals surface area contributed by atoms with Crippen LogP contribution in [-0.2, 0) is 19.1 Å². The first-order chi connectivity index (χ1) is 22.0. The lowest BCUT2D eigenvalue weighted by molar-refractivity contribution is -0.153. The molecule has 268 valence electrons. The number of Topliss-reactive ketones (excluding diaryl/α,β-unsaturated/α-hetero) is 1. The molecular weight excluding hydrogens is 556 g/mol. The Morgan fingerprint density at radius 2 is 0.756 bits per heavy atom. The predicted molar refractivity (Wildman–Crippen MR) is 195 cm³/mol. The minimum Gasteiger partial charge on any atom is -0.462 e. The van der Waals surface area contributed by atoms with Gasteiger partial charge in [-0.25, -0.2) is 0 Å². The Balaban J connectivity index is 4.50. The van der Waals surface area contributed by atoms with Crippen molar-refractivity contribution in [2.45, 2.75) is 245 Å². The average Bonchev–Trinajstić information content (AvgIpc) is 3.01. The SMILES string of the molecule is CCCCCCCCCCCCO[C@@H](CCCCCCCCCCC)CC(=O)O[C@@H](CCCCCCCCCCC)CC(C)=O. The maximum atomic E-state index is 13.1. The summed E-state index contributed by atoms with van der Waals surface area (Å²) in [5.41, 5.74) is 0. The van der Waals surface area contributed by atoms with E-state index in [1.54, 1.807) is 6.92 Å². The van der Waals surface area contributed by atoms with Gasteiger partial charge in [-0.2, -0.15) is 0 Å². The molecule has 0 aromatic heterocycles. The average molecular weight is 637 g/mol. The van der Waals surface area contributed by atoms with Crippen LogP contribution in [0.25, 0.3) is 0 Å². The van der Waals surface area contributed by atoms with Crippen molar-refractivity contribution in [3.63, 3.8) is 0 Å². The second-order valence-electron chi connectivity index (χ2n) is 14.1. The summed E-state index contributed by atoms with van der Waals surface area (Å²) in [6.45, 7) is 9.15. The van der Waals surface area contributed by atoms with Crippen LogP contribution in [0.15, 0.2) is 0 Å². The highest BCUT2D eigenvalue weighted by Crippen LogP contribution is 2.19. The fraction of sp³-hybridized carbons (Fsp3) is 0.951. The molecular formula is C41H80O4. The van der Waals surface area contributed by atoms with Gasteiger partial charge >= 0.3 is 5.97 Å². The molecule has 0 aromatic carbocycles. The lowest BCUT2D eigenvalue weighted by Gasteiger charge is -2.21. The van der Waals surface area contributed by atoms with Crippen LogP contribution in [0.3, 0.4) is 0 Å². The Hall–Kier alpha value is -0.900. The zero-order valence-electron chi connectivity index (χ0n) is 31.1. The number of hydrogen-bond acceptors (Lipinski definition) is 4. The molecule has 4 nitrogen and oxygen atoms in total. The van der Waals surface area contributed by atoms with Gasteiger partial charge in [-0.05, 0) is 32.6 Å². The Morgan fingerprint density at radius 1 is 0.422 bits per heavy atom. The molecule has 4 heteroatoms. The summed E-state index contributed by atoms with van der Waals surface area (Å²) in [7, 11) is 0. The summed E-state index contributed by atoms with van der Waals surface area (Å²) >= 11 is 0. The van der Waals surface area contributed by atoms with Crippen LogP contribution >= 0.6 is 0 Å². The number of unbranched alkanes of at least 4 members (excludes halogenated alkanes) is 25. The molecule has 0 spiro atoms. The highest BCUT2D eigenvalue weighted by atomic mass is 16.5. The Bertz CT molecular complexity index is 619. The van der Waals surface area contributed by atoms with E-state index in [4.69, 9.17) is 9.47 Å². The van der Waals surface area contributed by atoms with Crippen LogP contribution in [0.4, 0.5) is 0 Å². The summed E-state index contributed by atoms with van der Waals surface area (Å²) in [6.07, 6.45) is 38.2. The Morgan fingerprint density at radius 3 is 1.13 bits per heavy atom. The smallest absolute Gasteiger partial charge is 0.308 e. The first kappa shape index (κ1) is 44.1. The monoisotopic (exact) mass is 637 g/mol. The van der Waals surface area contributed by atoms with E-state index >= 15 is 0 Å². The lowest BCUT2D eigenvalue weighted by atomic mass is 10.0. The standard InChI is InChI=1S/C41H80O4/c1-5-8-11-14-17-20-23-26-29-32-35-44-39(33-30-27-24-21-18-15-12-9-6-2)37-41(43)45-40(36-38(4)42)34-31-28-25-22-19-16-13-10-7-3/h39-40H,5-37H2,1-4H3/t39-,40-/m0/s1. The van der Waals surface area contributed by atoms with Crippen molar-refractivity contribution in [1.29, 1.82) is 0 Å². The Labute approximate surface area is 282 Å². The molecule has 0 aliphatic carbocycles. The zero-order valence-corrected chi connectivity index (χ0v) is 31.1. The van der Waals surface area contributed by atoms with Crippen molar-refractivity contribution in [1.82, 2.24) is 0 Å². The third-order valence-corrected chi connectivity index (χ3v) is 9.32. The lowest BCUT2D eigenvalue weighted by Crippen LogP contribution is -2.25. The number of carbonyl (C=O) groups is 2. The molecule has 0 aliphatic rings. The van der Waals surface area contributed by atoms with Gasteiger partial charge in [0.2, 0.25) is 0 Å². The van der Waals surface area contributed by atoms with E-state index in [1.807, 2.05) is 0 Å². The molecule has 0 saturated heterocycles. The van der Waals surface area contributed by atoms with Crippen LogP contribution < -0.4 is 0 Å². The molecule has 0 bridgehead atoms. The first-order valence-corrected chi connectivity index (χ1v) is 20.3. The summed E-state index contributed by atoms with van der Waals surface area (Å²) in [6, 6.07) is 0. The molecule has 0 amide bonds. The molecule has 0 aromatic rings. The van der Waals surface area contributed by atoms with Gasteiger partial charge in [0.1, 0.15) is 11.9 Å². The number of rotatable bonds is 37. The van der Waals surface area contributed by atoms with Crippen molar-refractivity contribution < 1.29 is 19.1 Å². The molecule has 0 radical (unpaired) electrons. The second kappa shape index (κ2) is 35.9. The molecule has 0 N–H and O–H groups in total. The van der Waals surface area contributed by atoms with Crippen LogP contribution in [0.1, 0.15) is 233 Å². The number of ketones is 1. The van der Waals surface area contributed by atoms with Gasteiger partial charge in [-0.1, -0.05) is 188 Å². The van der Waals surface area contributed by atoms with Gasteiger partial charge in [0.05, 0.1) is 12.5 Å². The first-order valence-electron chi connectivity index (χ1n) is 20.3. The Kier molecular flexibility index (Phi) is 35.2. The molecule has 2 atom stereocenters. The summed E-state index contributed by atoms with van der Waals surface area (Å²) < 4.78 is 12.2. The van der Waals surface area contributed by atoms with Gasteiger partial charge in [0.25, 0.3) is 0 Å². The fourth-order valence-electron chi connectivity index (χ4n) is 6.39. The molecule has 0 saturated carbocycles. The van der Waals surface area contributed by atoms with Gasteiger partial charge < -0.3 is 9.47 Å². The van der Waals surface area contributed by atoms with E-state index in [0.29, 0.717) is 12.8 Å². The molecule has 0 aliphatic heterocycles. The minimum absolute atomic E-state index is 0.0636.